The van der Waals surface area contributed by atoms with Crippen LogP contribution in [0.1, 0.15) is 6.42 Å². The van der Waals surface area contributed by atoms with Crippen molar-refractivity contribution in [3.63, 3.8) is 0 Å². The molecule has 0 aliphatic heterocycles. The van der Waals surface area contributed by atoms with Gasteiger partial charge in [0.25, 0.3) is 0 Å². The van der Waals surface area contributed by atoms with Crippen molar-refractivity contribution in [2.75, 3.05) is 27.9 Å². The number of aliphatic hydroxyl groups is 1. The second-order valence-electron chi connectivity index (χ2n) is 2.12. The third-order valence-corrected chi connectivity index (χ3v) is 7.52. The predicted octanol–water partition coefficient (Wildman–Crippen LogP) is 0.247. The maximum atomic E-state index is 8.58. The van der Waals surface area contributed by atoms with E-state index in [4.69, 9.17) is 16.4 Å². The van der Waals surface area contributed by atoms with Crippen LogP contribution in [-0.4, -0.2) is 47.3 Å². The van der Waals surface area contributed by atoms with Gasteiger partial charge in [-0.3, -0.25) is 0 Å². The van der Waals surface area contributed by atoms with Crippen molar-refractivity contribution in [3.05, 3.63) is 0 Å². The van der Waals surface area contributed by atoms with Gasteiger partial charge in [0, 0.05) is 0 Å². The summed E-state index contributed by atoms with van der Waals surface area (Å²) in [6, 6.07) is 0. The third kappa shape index (κ3) is 3.53. The zero-order valence-corrected chi connectivity index (χ0v) is 9.39. The molecular formula is C6H16GeO4. The van der Waals surface area contributed by atoms with E-state index in [0.717, 1.165) is 0 Å². The first-order valence-corrected chi connectivity index (χ1v) is 7.56. The molecule has 0 heterocycles. The second-order valence-corrected chi connectivity index (χ2v) is 8.61. The normalized spacial score (nSPS) is 12.0. The maximum absolute atomic E-state index is 8.58. The predicted molar refractivity (Wildman–Crippen MR) is 43.3 cm³/mol. The molecule has 4 nitrogen and oxygen atoms in total. The number of aliphatic hydroxyl groups excluding tert-OH is 1. The summed E-state index contributed by atoms with van der Waals surface area (Å²) in [5, 5.41) is 9.29. The molecule has 5 heteroatoms. The van der Waals surface area contributed by atoms with Crippen LogP contribution in [0.3, 0.4) is 0 Å². The number of hydrogen-bond donors (Lipinski definition) is 1. The Kier molecular flexibility index (Phi) is 6.17. The van der Waals surface area contributed by atoms with Gasteiger partial charge in [-0.25, -0.2) is 0 Å². The summed E-state index contributed by atoms with van der Waals surface area (Å²) >= 11 is -2.89. The Bertz CT molecular complexity index is 86.3. The number of hydrogen-bond acceptors (Lipinski definition) is 4. The van der Waals surface area contributed by atoms with E-state index in [-0.39, 0.29) is 6.61 Å². The summed E-state index contributed by atoms with van der Waals surface area (Å²) in [6.07, 6.45) is 0.676. The first-order chi connectivity index (χ1) is 5.24. The molecule has 0 bridgehead atoms. The molecule has 0 saturated carbocycles. The van der Waals surface area contributed by atoms with E-state index in [1.807, 2.05) is 0 Å². The molecular weight excluding hydrogens is 209 g/mol. The molecule has 0 fully saturated rings. The topological polar surface area (TPSA) is 47.9 Å². The van der Waals surface area contributed by atoms with Crippen molar-refractivity contribution in [3.8, 4) is 0 Å². The molecule has 68 valence electrons. The third-order valence-electron chi connectivity index (χ3n) is 1.57. The average molecular weight is 225 g/mol. The van der Waals surface area contributed by atoms with E-state index in [2.05, 4.69) is 0 Å². The van der Waals surface area contributed by atoms with Gasteiger partial charge in [0.1, 0.15) is 0 Å². The van der Waals surface area contributed by atoms with Crippen LogP contribution in [0.15, 0.2) is 0 Å². The Labute approximate surface area is 70.8 Å². The van der Waals surface area contributed by atoms with E-state index in [1.54, 1.807) is 21.3 Å². The molecule has 0 amide bonds. The van der Waals surface area contributed by atoms with Gasteiger partial charge in [-0.2, -0.15) is 0 Å². The van der Waals surface area contributed by atoms with Gasteiger partial charge in [-0.05, 0) is 0 Å². The summed E-state index contributed by atoms with van der Waals surface area (Å²) in [7, 11) is 4.76. The van der Waals surface area contributed by atoms with Crippen molar-refractivity contribution < 1.29 is 16.4 Å². The van der Waals surface area contributed by atoms with E-state index >= 15 is 0 Å². The molecule has 0 aliphatic carbocycles. The fourth-order valence-electron chi connectivity index (χ4n) is 0.852. The van der Waals surface area contributed by atoms with Crippen molar-refractivity contribution in [2.45, 2.75) is 11.7 Å². The van der Waals surface area contributed by atoms with Crippen molar-refractivity contribution >= 4 is 14.3 Å². The molecule has 0 atom stereocenters. The van der Waals surface area contributed by atoms with E-state index < -0.39 is 14.3 Å². The fourth-order valence-corrected chi connectivity index (χ4v) is 4.43. The SMILES string of the molecule is C[O][Ge]([CH2]CCO)([O]C)[O]C. The first kappa shape index (κ1) is 11.4. The zero-order valence-electron chi connectivity index (χ0n) is 7.29. The van der Waals surface area contributed by atoms with Gasteiger partial charge in [0.2, 0.25) is 0 Å². The van der Waals surface area contributed by atoms with Gasteiger partial charge in [-0.15, -0.1) is 0 Å². The Morgan fingerprint density at radius 3 is 1.82 bits per heavy atom. The van der Waals surface area contributed by atoms with Gasteiger partial charge in [0.05, 0.1) is 0 Å². The van der Waals surface area contributed by atoms with E-state index in [1.165, 1.54) is 0 Å². The molecule has 0 radical (unpaired) electrons. The average Bonchev–Trinajstić information content (AvgIpc) is 2.08. The summed E-state index contributed by atoms with van der Waals surface area (Å²) in [5.41, 5.74) is 0. The summed E-state index contributed by atoms with van der Waals surface area (Å²) < 4.78 is 15.5. The van der Waals surface area contributed by atoms with Crippen LogP contribution in [0.2, 0.25) is 5.25 Å². The molecule has 0 aromatic heterocycles. The van der Waals surface area contributed by atoms with Gasteiger partial charge in [-0.1, -0.05) is 0 Å². The Morgan fingerprint density at radius 1 is 1.09 bits per heavy atom. The van der Waals surface area contributed by atoms with Crippen molar-refractivity contribution in [2.24, 2.45) is 0 Å². The monoisotopic (exact) mass is 226 g/mol. The molecule has 0 aromatic rings. The molecule has 0 rings (SSSR count). The molecule has 0 aromatic carbocycles. The van der Waals surface area contributed by atoms with E-state index in [9.17, 15) is 0 Å². The molecule has 1 N–H and O–H groups in total. The standard InChI is InChI=1S/C6H16GeO4/c1-9-7(10-2,11-3)5-4-6-8/h8H,4-6H2,1-3H3. The molecule has 0 spiro atoms. The van der Waals surface area contributed by atoms with Gasteiger partial charge < -0.3 is 0 Å². The van der Waals surface area contributed by atoms with Crippen molar-refractivity contribution in [1.82, 2.24) is 0 Å². The Hall–Kier alpha value is 0.383. The summed E-state index contributed by atoms with van der Waals surface area (Å²) in [5.74, 6) is 0. The van der Waals surface area contributed by atoms with Crippen LogP contribution in [0.25, 0.3) is 0 Å². The van der Waals surface area contributed by atoms with Crippen LogP contribution >= 0.6 is 0 Å². The quantitative estimate of drug-likeness (QED) is 0.658. The molecule has 0 unspecified atom stereocenters. The van der Waals surface area contributed by atoms with Crippen LogP contribution in [0.5, 0.6) is 0 Å². The second kappa shape index (κ2) is 5.96. The fraction of sp³-hybridized carbons (Fsp3) is 1.00. The summed E-state index contributed by atoms with van der Waals surface area (Å²) in [4.78, 5) is 0. The van der Waals surface area contributed by atoms with Crippen molar-refractivity contribution in [1.29, 1.82) is 0 Å². The first-order valence-electron chi connectivity index (χ1n) is 3.51. The molecule has 0 aliphatic rings. The Balaban J connectivity index is 3.84. The van der Waals surface area contributed by atoms with Gasteiger partial charge >= 0.3 is 70.3 Å². The van der Waals surface area contributed by atoms with Crippen LogP contribution in [0.4, 0.5) is 0 Å². The summed E-state index contributed by atoms with van der Waals surface area (Å²) in [6.45, 7) is 0.156. The van der Waals surface area contributed by atoms with E-state index in [0.29, 0.717) is 11.7 Å². The minimum absolute atomic E-state index is 0.156. The minimum atomic E-state index is -2.89. The number of rotatable bonds is 6. The molecule has 0 saturated heterocycles. The zero-order chi connectivity index (χ0) is 8.74. The molecule has 11 heavy (non-hydrogen) atoms. The Morgan fingerprint density at radius 2 is 1.55 bits per heavy atom. The van der Waals surface area contributed by atoms with Crippen LogP contribution in [0, 0.1) is 0 Å². The van der Waals surface area contributed by atoms with Crippen LogP contribution in [-0.2, 0) is 11.3 Å². The van der Waals surface area contributed by atoms with Crippen LogP contribution < -0.4 is 0 Å². The van der Waals surface area contributed by atoms with Gasteiger partial charge in [0.15, 0.2) is 0 Å².